The van der Waals surface area contributed by atoms with Gasteiger partial charge in [0.2, 0.25) is 0 Å². The summed E-state index contributed by atoms with van der Waals surface area (Å²) in [6.45, 7) is 4.60. The van der Waals surface area contributed by atoms with Gasteiger partial charge in [-0.15, -0.1) is 0 Å². The van der Waals surface area contributed by atoms with Crippen molar-refractivity contribution in [3.63, 3.8) is 0 Å². The molecular formula is C29H32O8S. The van der Waals surface area contributed by atoms with Gasteiger partial charge in [-0.25, -0.2) is 4.79 Å². The summed E-state index contributed by atoms with van der Waals surface area (Å²) < 4.78 is 22.1. The van der Waals surface area contributed by atoms with Crippen LogP contribution in [0.5, 0.6) is 11.5 Å². The van der Waals surface area contributed by atoms with E-state index in [9.17, 15) is 19.5 Å². The van der Waals surface area contributed by atoms with Gasteiger partial charge in [0.1, 0.15) is 18.1 Å². The third-order valence-corrected chi connectivity index (χ3v) is 6.29. The van der Waals surface area contributed by atoms with Gasteiger partial charge in [0, 0.05) is 18.4 Å². The number of thiophene rings is 1. The standard InChI is InChI=1S/C29H32O8S/c1-3-34-27(30)9-6-13-36-26-8-5-7-20(25(26)10-11-28(31)35-4-2)18-37-24-16-22(21-12-14-38-19-21)15-23(17-24)29(32)33/h5,7-8,12,14-17,19H,3-4,6,9-11,13,18H2,1-2H3,(H,32,33). The molecule has 3 rings (SSSR count). The van der Waals surface area contributed by atoms with Crippen molar-refractivity contribution in [3.05, 3.63) is 69.9 Å². The number of carboxylic acid groups (broad SMARTS) is 1. The third-order valence-electron chi connectivity index (χ3n) is 5.60. The SMILES string of the molecule is CCOC(=O)CCCOc1cccc(COc2cc(C(=O)O)cc(-c3ccsc3)c2)c1CCC(=O)OCC. The van der Waals surface area contributed by atoms with Crippen LogP contribution >= 0.6 is 11.3 Å². The summed E-state index contributed by atoms with van der Waals surface area (Å²) in [6, 6.07) is 12.4. The van der Waals surface area contributed by atoms with Crippen LogP contribution in [0.2, 0.25) is 0 Å². The molecular weight excluding hydrogens is 508 g/mol. The fourth-order valence-electron chi connectivity index (χ4n) is 3.82. The van der Waals surface area contributed by atoms with Crippen molar-refractivity contribution in [3.8, 4) is 22.6 Å². The van der Waals surface area contributed by atoms with Gasteiger partial charge < -0.3 is 24.1 Å². The molecule has 202 valence electrons. The molecule has 0 fully saturated rings. The van der Waals surface area contributed by atoms with E-state index < -0.39 is 5.97 Å². The van der Waals surface area contributed by atoms with Crippen molar-refractivity contribution < 1.29 is 38.4 Å². The van der Waals surface area contributed by atoms with E-state index in [0.29, 0.717) is 44.2 Å². The number of carbonyl (C=O) groups excluding carboxylic acids is 2. The lowest BCUT2D eigenvalue weighted by Gasteiger charge is -2.17. The monoisotopic (exact) mass is 540 g/mol. The summed E-state index contributed by atoms with van der Waals surface area (Å²) in [7, 11) is 0. The van der Waals surface area contributed by atoms with Crippen LogP contribution in [0.15, 0.2) is 53.2 Å². The van der Waals surface area contributed by atoms with Crippen molar-refractivity contribution in [1.29, 1.82) is 0 Å². The first-order chi connectivity index (χ1) is 18.4. The Labute approximate surface area is 226 Å². The summed E-state index contributed by atoms with van der Waals surface area (Å²) in [5.74, 6) is -0.613. The molecule has 0 aliphatic rings. The molecule has 1 heterocycles. The molecule has 0 radical (unpaired) electrons. The van der Waals surface area contributed by atoms with Crippen LogP contribution in [0, 0.1) is 0 Å². The minimum Gasteiger partial charge on any atom is -0.493 e. The number of esters is 2. The highest BCUT2D eigenvalue weighted by atomic mass is 32.1. The van der Waals surface area contributed by atoms with Gasteiger partial charge in [0.05, 0.1) is 25.4 Å². The predicted molar refractivity (Wildman–Crippen MR) is 144 cm³/mol. The molecule has 0 amide bonds. The van der Waals surface area contributed by atoms with Crippen molar-refractivity contribution in [1.82, 2.24) is 0 Å². The summed E-state index contributed by atoms with van der Waals surface area (Å²) in [6.07, 6.45) is 1.28. The Bertz CT molecular complexity index is 1220. The van der Waals surface area contributed by atoms with Crippen LogP contribution in [0.25, 0.3) is 11.1 Å². The summed E-state index contributed by atoms with van der Waals surface area (Å²) >= 11 is 1.53. The largest absolute Gasteiger partial charge is 0.493 e. The first-order valence-electron chi connectivity index (χ1n) is 12.5. The molecule has 38 heavy (non-hydrogen) atoms. The fourth-order valence-corrected chi connectivity index (χ4v) is 4.48. The molecule has 0 spiro atoms. The Hall–Kier alpha value is -3.85. The van der Waals surface area contributed by atoms with E-state index in [2.05, 4.69) is 0 Å². The van der Waals surface area contributed by atoms with E-state index in [0.717, 1.165) is 22.3 Å². The molecule has 0 atom stereocenters. The predicted octanol–water partition coefficient (Wildman–Crippen LogP) is 5.91. The molecule has 2 aromatic carbocycles. The van der Waals surface area contributed by atoms with Crippen LogP contribution in [0.3, 0.4) is 0 Å². The van der Waals surface area contributed by atoms with Crippen LogP contribution in [0.1, 0.15) is 54.6 Å². The maximum Gasteiger partial charge on any atom is 0.335 e. The first-order valence-corrected chi connectivity index (χ1v) is 13.4. The highest BCUT2D eigenvalue weighted by Crippen LogP contribution is 2.30. The second-order valence-electron chi connectivity index (χ2n) is 8.31. The van der Waals surface area contributed by atoms with Crippen molar-refractivity contribution in [2.45, 2.75) is 46.1 Å². The number of benzene rings is 2. The Morgan fingerprint density at radius 3 is 2.34 bits per heavy atom. The van der Waals surface area contributed by atoms with Crippen LogP contribution in [-0.2, 0) is 32.1 Å². The van der Waals surface area contributed by atoms with Crippen molar-refractivity contribution in [2.75, 3.05) is 19.8 Å². The zero-order valence-electron chi connectivity index (χ0n) is 21.6. The lowest BCUT2D eigenvalue weighted by Crippen LogP contribution is -2.11. The number of carboxylic acids is 1. The second-order valence-corrected chi connectivity index (χ2v) is 9.09. The highest BCUT2D eigenvalue weighted by Gasteiger charge is 2.15. The van der Waals surface area contributed by atoms with E-state index in [1.165, 1.54) is 17.4 Å². The number of hydrogen-bond donors (Lipinski definition) is 1. The Kier molecular flexibility index (Phi) is 11.2. The molecule has 1 N–H and O–H groups in total. The number of ether oxygens (including phenoxy) is 4. The minimum atomic E-state index is -1.04. The smallest absolute Gasteiger partial charge is 0.335 e. The maximum atomic E-state index is 12.1. The number of rotatable bonds is 15. The van der Waals surface area contributed by atoms with Gasteiger partial charge in [-0.1, -0.05) is 12.1 Å². The molecule has 1 aromatic heterocycles. The van der Waals surface area contributed by atoms with Crippen LogP contribution < -0.4 is 9.47 Å². The third kappa shape index (κ3) is 8.62. The van der Waals surface area contributed by atoms with E-state index >= 15 is 0 Å². The van der Waals surface area contributed by atoms with E-state index in [1.807, 2.05) is 41.1 Å². The van der Waals surface area contributed by atoms with E-state index in [4.69, 9.17) is 18.9 Å². The van der Waals surface area contributed by atoms with Crippen LogP contribution in [-0.4, -0.2) is 42.8 Å². The molecule has 0 saturated heterocycles. The zero-order chi connectivity index (χ0) is 27.3. The minimum absolute atomic E-state index is 0.130. The number of carbonyl (C=O) groups is 3. The molecule has 0 unspecified atom stereocenters. The molecule has 0 aliphatic carbocycles. The molecule has 0 saturated carbocycles. The van der Waals surface area contributed by atoms with Gasteiger partial charge in [-0.3, -0.25) is 9.59 Å². The lowest BCUT2D eigenvalue weighted by atomic mass is 10.0. The average Bonchev–Trinajstić information content (AvgIpc) is 3.44. The van der Waals surface area contributed by atoms with E-state index in [-0.39, 0.29) is 37.0 Å². The molecule has 0 aliphatic heterocycles. The van der Waals surface area contributed by atoms with Crippen molar-refractivity contribution in [2.24, 2.45) is 0 Å². The average molecular weight is 541 g/mol. The Balaban J connectivity index is 1.79. The summed E-state index contributed by atoms with van der Waals surface area (Å²) in [5, 5.41) is 13.5. The Morgan fingerprint density at radius 2 is 1.66 bits per heavy atom. The van der Waals surface area contributed by atoms with Gasteiger partial charge in [-0.05, 0) is 84.5 Å². The van der Waals surface area contributed by atoms with Gasteiger partial charge in [0.15, 0.2) is 0 Å². The summed E-state index contributed by atoms with van der Waals surface area (Å²) in [4.78, 5) is 35.4. The van der Waals surface area contributed by atoms with Crippen molar-refractivity contribution >= 4 is 29.2 Å². The highest BCUT2D eigenvalue weighted by molar-refractivity contribution is 7.08. The van der Waals surface area contributed by atoms with Gasteiger partial charge in [-0.2, -0.15) is 11.3 Å². The van der Waals surface area contributed by atoms with Gasteiger partial charge in [0.25, 0.3) is 0 Å². The summed E-state index contributed by atoms with van der Waals surface area (Å²) in [5.41, 5.74) is 3.39. The normalized spacial score (nSPS) is 10.6. The van der Waals surface area contributed by atoms with Gasteiger partial charge >= 0.3 is 17.9 Å². The molecule has 0 bridgehead atoms. The van der Waals surface area contributed by atoms with Crippen LogP contribution in [0.4, 0.5) is 0 Å². The zero-order valence-corrected chi connectivity index (χ0v) is 22.4. The first kappa shape index (κ1) is 28.7. The Morgan fingerprint density at radius 1 is 0.895 bits per heavy atom. The number of hydrogen-bond acceptors (Lipinski definition) is 8. The number of aromatic carboxylic acids is 1. The lowest BCUT2D eigenvalue weighted by molar-refractivity contribution is -0.144. The fraction of sp³-hybridized carbons (Fsp3) is 0.345. The quantitative estimate of drug-likeness (QED) is 0.187. The van der Waals surface area contributed by atoms with E-state index in [1.54, 1.807) is 19.9 Å². The molecule has 9 heteroatoms. The second kappa shape index (κ2) is 14.8. The molecule has 3 aromatic rings. The topological polar surface area (TPSA) is 108 Å². The molecule has 8 nitrogen and oxygen atoms in total. The maximum absolute atomic E-state index is 12.1.